The van der Waals surface area contributed by atoms with Gasteiger partial charge in [-0.1, -0.05) is 24.3 Å². The highest BCUT2D eigenvalue weighted by Crippen LogP contribution is 2.23. The second kappa shape index (κ2) is 7.93. The van der Waals surface area contributed by atoms with E-state index in [1.807, 2.05) is 0 Å². The molecule has 0 unspecified atom stereocenters. The highest BCUT2D eigenvalue weighted by atomic mass is 19.1. The minimum absolute atomic E-state index is 0.0772. The van der Waals surface area contributed by atoms with Crippen molar-refractivity contribution in [2.75, 3.05) is 0 Å². The van der Waals surface area contributed by atoms with Gasteiger partial charge in [-0.25, -0.2) is 9.37 Å². The number of benzene rings is 2. The Morgan fingerprint density at radius 3 is 2.79 bits per heavy atom. The molecule has 0 radical (unpaired) electrons. The third-order valence-electron chi connectivity index (χ3n) is 4.16. The molecule has 0 aliphatic heterocycles. The van der Waals surface area contributed by atoms with E-state index in [4.69, 9.17) is 9.15 Å². The van der Waals surface area contributed by atoms with Crippen molar-refractivity contribution >= 4 is 16.9 Å². The summed E-state index contributed by atoms with van der Waals surface area (Å²) in [5, 5.41) is 3.08. The van der Waals surface area contributed by atoms with Crippen LogP contribution >= 0.6 is 0 Å². The van der Waals surface area contributed by atoms with Crippen molar-refractivity contribution in [3.05, 3.63) is 100 Å². The van der Waals surface area contributed by atoms with E-state index in [0.29, 0.717) is 16.5 Å². The fraction of sp³-hybridized carbons (Fsp3) is 0.0455. The number of hydrogen-bond donors (Lipinski definition) is 1. The molecule has 6 nitrogen and oxygen atoms in total. The number of para-hydroxylation sites is 1. The number of amides is 1. The van der Waals surface area contributed by atoms with E-state index < -0.39 is 11.7 Å². The average Bonchev–Trinajstić information content (AvgIpc) is 2.73. The Kier molecular flexibility index (Phi) is 5.03. The van der Waals surface area contributed by atoms with E-state index in [1.54, 1.807) is 42.5 Å². The summed E-state index contributed by atoms with van der Waals surface area (Å²) in [5.74, 6) is -0.548. The summed E-state index contributed by atoms with van der Waals surface area (Å²) in [6, 6.07) is 16.9. The molecule has 0 spiro atoms. The predicted octanol–water partition coefficient (Wildman–Crippen LogP) is 4.05. The molecule has 0 saturated carbocycles. The van der Waals surface area contributed by atoms with Gasteiger partial charge in [0.05, 0.1) is 5.39 Å². The van der Waals surface area contributed by atoms with Crippen LogP contribution in [0.3, 0.4) is 0 Å². The van der Waals surface area contributed by atoms with Gasteiger partial charge in [-0.15, -0.1) is 0 Å². The second-order valence-corrected chi connectivity index (χ2v) is 6.18. The Labute approximate surface area is 164 Å². The molecule has 2 heterocycles. The molecule has 7 heteroatoms. The van der Waals surface area contributed by atoms with Crippen LogP contribution in [-0.2, 0) is 6.54 Å². The van der Waals surface area contributed by atoms with Crippen LogP contribution in [0.2, 0.25) is 0 Å². The number of ether oxygens (including phenoxy) is 1. The van der Waals surface area contributed by atoms with Crippen LogP contribution in [0.5, 0.6) is 11.6 Å². The van der Waals surface area contributed by atoms with E-state index in [1.165, 1.54) is 24.4 Å². The molecule has 0 bridgehead atoms. The smallest absolute Gasteiger partial charge is 0.287 e. The molecule has 2 aromatic carbocycles. The number of nitrogens with one attached hydrogen (secondary N) is 1. The fourth-order valence-corrected chi connectivity index (χ4v) is 2.77. The molecular weight excluding hydrogens is 375 g/mol. The zero-order chi connectivity index (χ0) is 20.2. The zero-order valence-corrected chi connectivity index (χ0v) is 15.1. The van der Waals surface area contributed by atoms with Gasteiger partial charge in [-0.2, -0.15) is 0 Å². The molecule has 0 aliphatic carbocycles. The molecule has 0 fully saturated rings. The maximum Gasteiger partial charge on any atom is 0.287 e. The maximum absolute atomic E-state index is 13.4. The Hall–Kier alpha value is -4.00. The molecular formula is C22H15FN2O4. The van der Waals surface area contributed by atoms with Crippen LogP contribution in [-0.4, -0.2) is 10.9 Å². The van der Waals surface area contributed by atoms with Crippen LogP contribution in [0.1, 0.15) is 16.1 Å². The van der Waals surface area contributed by atoms with Gasteiger partial charge in [-0.3, -0.25) is 9.59 Å². The SMILES string of the molecule is O=C(NCc1cccnc1Oc1cccc(F)c1)c1cc(=O)c2ccccc2o1. The van der Waals surface area contributed by atoms with Crippen molar-refractivity contribution in [3.8, 4) is 11.6 Å². The zero-order valence-electron chi connectivity index (χ0n) is 15.1. The third-order valence-corrected chi connectivity index (χ3v) is 4.16. The summed E-state index contributed by atoms with van der Waals surface area (Å²) < 4.78 is 24.5. The number of carbonyl (C=O) groups is 1. The van der Waals surface area contributed by atoms with Gasteiger partial charge in [0.1, 0.15) is 17.1 Å². The van der Waals surface area contributed by atoms with Crippen molar-refractivity contribution < 1.29 is 18.3 Å². The molecule has 29 heavy (non-hydrogen) atoms. The van der Waals surface area contributed by atoms with E-state index in [2.05, 4.69) is 10.3 Å². The van der Waals surface area contributed by atoms with Crippen molar-refractivity contribution in [1.29, 1.82) is 0 Å². The monoisotopic (exact) mass is 390 g/mol. The van der Waals surface area contributed by atoms with Gasteiger partial charge in [0.25, 0.3) is 5.91 Å². The predicted molar refractivity (Wildman–Crippen MR) is 104 cm³/mol. The first-order chi connectivity index (χ1) is 14.1. The highest BCUT2D eigenvalue weighted by Gasteiger charge is 2.14. The standard InChI is InChI=1S/C22H15FN2O4/c23-15-6-3-7-16(11-15)28-22-14(5-4-10-24-22)13-25-21(27)20-12-18(26)17-8-1-2-9-19(17)29-20/h1-12H,13H2,(H,25,27). The van der Waals surface area contributed by atoms with Crippen molar-refractivity contribution in [2.45, 2.75) is 6.54 Å². The Morgan fingerprint density at radius 2 is 1.93 bits per heavy atom. The van der Waals surface area contributed by atoms with Gasteiger partial charge in [0.15, 0.2) is 11.2 Å². The Balaban J connectivity index is 1.52. The molecule has 2 aromatic heterocycles. The lowest BCUT2D eigenvalue weighted by Crippen LogP contribution is -2.24. The van der Waals surface area contributed by atoms with Crippen LogP contribution in [0.25, 0.3) is 11.0 Å². The lowest BCUT2D eigenvalue weighted by atomic mass is 10.2. The lowest BCUT2D eigenvalue weighted by Gasteiger charge is -2.11. The minimum Gasteiger partial charge on any atom is -0.451 e. The summed E-state index contributed by atoms with van der Waals surface area (Å²) >= 11 is 0. The number of aromatic nitrogens is 1. The molecule has 1 amide bonds. The number of halogens is 1. The lowest BCUT2D eigenvalue weighted by molar-refractivity contribution is 0.0923. The summed E-state index contributed by atoms with van der Waals surface area (Å²) in [4.78, 5) is 28.8. The topological polar surface area (TPSA) is 81.4 Å². The Bertz CT molecular complexity index is 1250. The maximum atomic E-state index is 13.4. The summed E-state index contributed by atoms with van der Waals surface area (Å²) in [6.45, 7) is 0.0772. The average molecular weight is 390 g/mol. The Morgan fingerprint density at radius 1 is 1.07 bits per heavy atom. The number of rotatable bonds is 5. The molecule has 144 valence electrons. The largest absolute Gasteiger partial charge is 0.451 e. The summed E-state index contributed by atoms with van der Waals surface area (Å²) in [5.41, 5.74) is 0.614. The number of fused-ring (bicyclic) bond motifs is 1. The van der Waals surface area contributed by atoms with Gasteiger partial charge in [0, 0.05) is 30.4 Å². The minimum atomic E-state index is -0.548. The van der Waals surface area contributed by atoms with Gasteiger partial charge < -0.3 is 14.5 Å². The first-order valence-electron chi connectivity index (χ1n) is 8.78. The number of hydrogen-bond acceptors (Lipinski definition) is 5. The third kappa shape index (κ3) is 4.14. The van der Waals surface area contributed by atoms with E-state index in [9.17, 15) is 14.0 Å². The quantitative estimate of drug-likeness (QED) is 0.556. The number of carbonyl (C=O) groups excluding carboxylic acids is 1. The van der Waals surface area contributed by atoms with Gasteiger partial charge >= 0.3 is 0 Å². The van der Waals surface area contributed by atoms with E-state index in [0.717, 1.165) is 6.07 Å². The normalized spacial score (nSPS) is 10.7. The fourth-order valence-electron chi connectivity index (χ4n) is 2.77. The molecule has 4 aromatic rings. The van der Waals surface area contributed by atoms with Crippen molar-refractivity contribution in [3.63, 3.8) is 0 Å². The van der Waals surface area contributed by atoms with Crippen molar-refractivity contribution in [1.82, 2.24) is 10.3 Å². The summed E-state index contributed by atoms with van der Waals surface area (Å²) in [7, 11) is 0. The van der Waals surface area contributed by atoms with Gasteiger partial charge in [0.2, 0.25) is 5.88 Å². The molecule has 0 aliphatic rings. The molecule has 0 saturated heterocycles. The molecule has 0 atom stereocenters. The van der Waals surface area contributed by atoms with E-state index in [-0.39, 0.29) is 29.4 Å². The van der Waals surface area contributed by atoms with Crippen LogP contribution < -0.4 is 15.5 Å². The van der Waals surface area contributed by atoms with Crippen LogP contribution in [0, 0.1) is 5.82 Å². The first kappa shape index (κ1) is 18.4. The van der Waals surface area contributed by atoms with Gasteiger partial charge in [-0.05, 0) is 30.3 Å². The van der Waals surface area contributed by atoms with Crippen LogP contribution in [0.15, 0.2) is 82.1 Å². The molecule has 4 rings (SSSR count). The first-order valence-corrected chi connectivity index (χ1v) is 8.78. The highest BCUT2D eigenvalue weighted by molar-refractivity contribution is 5.93. The second-order valence-electron chi connectivity index (χ2n) is 6.18. The van der Waals surface area contributed by atoms with Crippen LogP contribution in [0.4, 0.5) is 4.39 Å². The summed E-state index contributed by atoms with van der Waals surface area (Å²) in [6.07, 6.45) is 1.53. The number of pyridine rings is 1. The molecule has 1 N–H and O–H groups in total. The number of nitrogens with zero attached hydrogens (tertiary/aromatic N) is 1. The van der Waals surface area contributed by atoms with E-state index >= 15 is 0 Å². The van der Waals surface area contributed by atoms with Crippen molar-refractivity contribution in [2.24, 2.45) is 0 Å².